The van der Waals surface area contributed by atoms with Crippen molar-refractivity contribution in [2.75, 3.05) is 11.4 Å². The fourth-order valence-corrected chi connectivity index (χ4v) is 4.43. The molecule has 2 amide bonds. The molecule has 0 bridgehead atoms. The Kier molecular flexibility index (Phi) is 8.15. The molecule has 1 aromatic heterocycles. The Morgan fingerprint density at radius 2 is 1.62 bits per heavy atom. The third-order valence-corrected chi connectivity index (χ3v) is 6.43. The van der Waals surface area contributed by atoms with Gasteiger partial charge in [-0.05, 0) is 54.1 Å². The van der Waals surface area contributed by atoms with E-state index in [4.69, 9.17) is 11.6 Å². The van der Waals surface area contributed by atoms with Gasteiger partial charge in [0.2, 0.25) is 5.91 Å². The second kappa shape index (κ2) is 11.2. The molecule has 212 valence electrons. The Labute approximate surface area is 227 Å². The highest BCUT2D eigenvalue weighted by Gasteiger charge is 2.44. The monoisotopic (exact) mass is 587 g/mol. The molecule has 0 aliphatic carbocycles. The number of carbonyl (C=O) groups is 2. The lowest BCUT2D eigenvalue weighted by Gasteiger charge is -2.19. The SMILES string of the molecule is O=C(N[C@@H]1C(=O)N(c2cccn(CCC(F)(F)F)c2=O)C[C@H]1c1ccc(Cl)cc1)c1ccc(OC(F)(F)F)cc1. The van der Waals surface area contributed by atoms with Crippen LogP contribution in [0.3, 0.4) is 0 Å². The van der Waals surface area contributed by atoms with Crippen LogP contribution in [0.5, 0.6) is 5.75 Å². The van der Waals surface area contributed by atoms with E-state index in [0.29, 0.717) is 10.6 Å². The highest BCUT2D eigenvalue weighted by Crippen LogP contribution is 2.32. The normalized spacial score (nSPS) is 17.7. The Bertz CT molecular complexity index is 1440. The van der Waals surface area contributed by atoms with Crippen molar-refractivity contribution in [2.24, 2.45) is 0 Å². The minimum absolute atomic E-state index is 0.0650. The van der Waals surface area contributed by atoms with Crippen LogP contribution in [0.1, 0.15) is 28.3 Å². The summed E-state index contributed by atoms with van der Waals surface area (Å²) >= 11 is 5.97. The zero-order chi connectivity index (χ0) is 29.2. The van der Waals surface area contributed by atoms with E-state index in [1.807, 2.05) is 0 Å². The topological polar surface area (TPSA) is 80.6 Å². The average Bonchev–Trinajstić information content (AvgIpc) is 3.18. The fourth-order valence-electron chi connectivity index (χ4n) is 4.30. The van der Waals surface area contributed by atoms with Gasteiger partial charge in [0.05, 0.1) is 6.42 Å². The summed E-state index contributed by atoms with van der Waals surface area (Å²) in [6.45, 7) is -0.741. The molecule has 1 aliphatic rings. The van der Waals surface area contributed by atoms with Gasteiger partial charge in [-0.25, -0.2) is 0 Å². The van der Waals surface area contributed by atoms with Crippen LogP contribution in [0.25, 0.3) is 0 Å². The molecule has 1 fully saturated rings. The molecule has 0 radical (unpaired) electrons. The maximum atomic E-state index is 13.5. The van der Waals surface area contributed by atoms with E-state index < -0.39 is 60.6 Å². The molecule has 3 aromatic rings. The number of amides is 2. The molecule has 2 heterocycles. The molecule has 2 atom stereocenters. The van der Waals surface area contributed by atoms with Crippen LogP contribution in [0.4, 0.5) is 32.0 Å². The summed E-state index contributed by atoms with van der Waals surface area (Å²) in [6, 6.07) is 11.8. The lowest BCUT2D eigenvalue weighted by atomic mass is 9.94. The van der Waals surface area contributed by atoms with Gasteiger partial charge in [0.1, 0.15) is 17.5 Å². The summed E-state index contributed by atoms with van der Waals surface area (Å²) in [6.07, 6.45) is -9.48. The number of hydrogen-bond acceptors (Lipinski definition) is 4. The predicted molar refractivity (Wildman–Crippen MR) is 132 cm³/mol. The molecule has 4 rings (SSSR count). The minimum Gasteiger partial charge on any atom is -0.406 e. The summed E-state index contributed by atoms with van der Waals surface area (Å²) in [5.74, 6) is -2.73. The molecule has 1 N–H and O–H groups in total. The van der Waals surface area contributed by atoms with Crippen LogP contribution in [0, 0.1) is 0 Å². The van der Waals surface area contributed by atoms with Crippen molar-refractivity contribution >= 4 is 29.1 Å². The number of anilines is 1. The summed E-state index contributed by atoms with van der Waals surface area (Å²) in [4.78, 5) is 40.6. The molecule has 2 aromatic carbocycles. The number of ether oxygens (including phenoxy) is 1. The summed E-state index contributed by atoms with van der Waals surface area (Å²) < 4.78 is 80.1. The molecular weight excluding hydrogens is 568 g/mol. The number of carbonyl (C=O) groups excluding carboxylic acids is 2. The number of nitrogens with one attached hydrogen (secondary N) is 1. The smallest absolute Gasteiger partial charge is 0.406 e. The van der Waals surface area contributed by atoms with E-state index >= 15 is 0 Å². The van der Waals surface area contributed by atoms with Crippen LogP contribution in [0.2, 0.25) is 5.02 Å². The van der Waals surface area contributed by atoms with Gasteiger partial charge >= 0.3 is 12.5 Å². The maximum absolute atomic E-state index is 13.5. The maximum Gasteiger partial charge on any atom is 0.573 e. The lowest BCUT2D eigenvalue weighted by molar-refractivity contribution is -0.274. The van der Waals surface area contributed by atoms with Crippen molar-refractivity contribution in [1.82, 2.24) is 9.88 Å². The first-order valence-electron chi connectivity index (χ1n) is 11.7. The number of alkyl halides is 6. The molecule has 7 nitrogen and oxygen atoms in total. The average molecular weight is 588 g/mol. The number of rotatable bonds is 7. The largest absolute Gasteiger partial charge is 0.573 e. The minimum atomic E-state index is -4.92. The third-order valence-electron chi connectivity index (χ3n) is 6.18. The number of nitrogens with zero attached hydrogens (tertiary/aromatic N) is 2. The molecular formula is C26H20ClF6N3O4. The predicted octanol–water partition coefficient (Wildman–Crippen LogP) is 5.28. The van der Waals surface area contributed by atoms with Crippen LogP contribution < -0.4 is 20.5 Å². The van der Waals surface area contributed by atoms with Gasteiger partial charge in [-0.2, -0.15) is 13.2 Å². The van der Waals surface area contributed by atoms with Crippen LogP contribution in [-0.2, 0) is 11.3 Å². The van der Waals surface area contributed by atoms with E-state index in [0.717, 1.165) is 33.7 Å². The number of pyridine rings is 1. The molecule has 14 heteroatoms. The fraction of sp³-hybridized carbons (Fsp3) is 0.269. The first kappa shape index (κ1) is 29.0. The van der Waals surface area contributed by atoms with Gasteiger partial charge in [-0.3, -0.25) is 14.4 Å². The Morgan fingerprint density at radius 3 is 2.23 bits per heavy atom. The van der Waals surface area contributed by atoms with E-state index in [1.54, 1.807) is 24.3 Å². The molecule has 0 saturated carbocycles. The summed E-state index contributed by atoms with van der Waals surface area (Å²) in [7, 11) is 0. The van der Waals surface area contributed by atoms with E-state index in [1.165, 1.54) is 18.3 Å². The molecule has 40 heavy (non-hydrogen) atoms. The Hall–Kier alpha value is -4.00. The van der Waals surface area contributed by atoms with Crippen molar-refractivity contribution in [3.05, 3.63) is 93.4 Å². The number of hydrogen-bond donors (Lipinski definition) is 1. The highest BCUT2D eigenvalue weighted by molar-refractivity contribution is 6.30. The summed E-state index contributed by atoms with van der Waals surface area (Å²) in [5, 5.41) is 2.98. The number of aromatic nitrogens is 1. The van der Waals surface area contributed by atoms with Crippen molar-refractivity contribution in [2.45, 2.75) is 37.5 Å². The standard InChI is InChI=1S/C26H20ClF6N3O4/c27-17-7-3-15(4-8-17)19-14-36(20-2-1-12-35(23(20)38)13-11-25(28,29)30)24(39)21(19)34-22(37)16-5-9-18(10-6-16)40-26(31,32)33/h1-10,12,19,21H,11,13-14H2,(H,34,37)/t19-,21-/m0/s1. The van der Waals surface area contributed by atoms with E-state index in [9.17, 15) is 40.7 Å². The lowest BCUT2D eigenvalue weighted by Crippen LogP contribution is -2.44. The van der Waals surface area contributed by atoms with E-state index in [2.05, 4.69) is 10.1 Å². The second-order valence-corrected chi connectivity index (χ2v) is 9.32. The van der Waals surface area contributed by atoms with Crippen molar-refractivity contribution in [1.29, 1.82) is 0 Å². The van der Waals surface area contributed by atoms with Crippen molar-refractivity contribution in [3.8, 4) is 5.75 Å². The van der Waals surface area contributed by atoms with Gasteiger partial charge in [0.15, 0.2) is 0 Å². The van der Waals surface area contributed by atoms with Crippen LogP contribution >= 0.6 is 11.6 Å². The molecule has 0 unspecified atom stereocenters. The molecule has 1 aliphatic heterocycles. The van der Waals surface area contributed by atoms with Crippen molar-refractivity contribution in [3.63, 3.8) is 0 Å². The number of aryl methyl sites for hydroxylation is 1. The van der Waals surface area contributed by atoms with E-state index in [-0.39, 0.29) is 17.8 Å². The van der Waals surface area contributed by atoms with Crippen molar-refractivity contribution < 1.29 is 40.7 Å². The first-order chi connectivity index (χ1) is 18.7. The zero-order valence-electron chi connectivity index (χ0n) is 20.3. The third kappa shape index (κ3) is 6.95. The van der Waals surface area contributed by atoms with Gasteiger partial charge in [-0.1, -0.05) is 23.7 Å². The first-order valence-corrected chi connectivity index (χ1v) is 12.1. The molecule has 1 saturated heterocycles. The zero-order valence-corrected chi connectivity index (χ0v) is 21.1. The number of benzene rings is 2. The Balaban J connectivity index is 1.62. The van der Waals surface area contributed by atoms with Crippen LogP contribution in [0.15, 0.2) is 71.7 Å². The Morgan fingerprint density at radius 1 is 0.975 bits per heavy atom. The number of halogens is 7. The highest BCUT2D eigenvalue weighted by atomic mass is 35.5. The van der Waals surface area contributed by atoms with Gasteiger partial charge in [0.25, 0.3) is 11.5 Å². The summed E-state index contributed by atoms with van der Waals surface area (Å²) in [5.41, 5.74) is -0.473. The van der Waals surface area contributed by atoms with Crippen LogP contribution in [-0.4, -0.2) is 41.5 Å². The second-order valence-electron chi connectivity index (χ2n) is 8.89. The molecule has 0 spiro atoms. The van der Waals surface area contributed by atoms with Gasteiger partial charge < -0.3 is 19.5 Å². The quantitative estimate of drug-likeness (QED) is 0.382. The van der Waals surface area contributed by atoms with Gasteiger partial charge in [-0.15, -0.1) is 13.2 Å². The van der Waals surface area contributed by atoms with Gasteiger partial charge in [0, 0.05) is 35.8 Å².